The van der Waals surface area contributed by atoms with E-state index in [0.29, 0.717) is 17.2 Å². The zero-order chi connectivity index (χ0) is 32.9. The Bertz CT molecular complexity index is 898. The molecule has 2 saturated carbocycles. The molecule has 0 radical (unpaired) electrons. The fourth-order valence-corrected chi connectivity index (χ4v) is 4.28. The molecule has 0 bridgehead atoms. The van der Waals surface area contributed by atoms with Crippen LogP contribution in [-0.4, -0.2) is 68.8 Å². The van der Waals surface area contributed by atoms with E-state index in [2.05, 4.69) is 28.3 Å². The van der Waals surface area contributed by atoms with Gasteiger partial charge in [0.05, 0.1) is 0 Å². The lowest BCUT2D eigenvalue weighted by Crippen LogP contribution is -2.36. The molecule has 0 saturated heterocycles. The lowest BCUT2D eigenvalue weighted by molar-refractivity contribution is 0.0530. The van der Waals surface area contributed by atoms with Crippen molar-refractivity contribution in [2.75, 3.05) is 21.1 Å². The number of hydrogen-bond donors (Lipinski definition) is 4. The van der Waals surface area contributed by atoms with Crippen LogP contribution in [0.1, 0.15) is 126 Å². The number of ether oxygens (including phenoxy) is 2. The molecule has 0 aliphatic heterocycles. The summed E-state index contributed by atoms with van der Waals surface area (Å²) in [4.78, 5) is 43.4. The first-order valence-electron chi connectivity index (χ1n) is 15.5. The fraction of sp³-hybridized carbons (Fsp3) is 0.697. The number of aldehydes is 1. The summed E-state index contributed by atoms with van der Waals surface area (Å²) in [5, 5.41) is 11.1. The number of amides is 3. The minimum atomic E-state index is -0.389. The fourth-order valence-electron chi connectivity index (χ4n) is 4.28. The van der Waals surface area contributed by atoms with Crippen molar-refractivity contribution in [1.82, 2.24) is 21.3 Å². The van der Waals surface area contributed by atoms with E-state index >= 15 is 0 Å². The second-order valence-corrected chi connectivity index (χ2v) is 12.7. The predicted octanol–water partition coefficient (Wildman–Crippen LogP) is 6.38. The molecule has 0 spiro atoms. The summed E-state index contributed by atoms with van der Waals surface area (Å²) < 4.78 is 9.67. The van der Waals surface area contributed by atoms with Crippen LogP contribution < -0.4 is 21.3 Å². The highest BCUT2D eigenvalue weighted by Gasteiger charge is 2.17. The first-order chi connectivity index (χ1) is 20.1. The molecule has 0 aromatic heterocycles. The highest BCUT2D eigenvalue weighted by atomic mass is 16.6. The number of alkyl carbamates (subject to hydrolysis) is 2. The smallest absolute Gasteiger partial charge is 0.407 e. The van der Waals surface area contributed by atoms with Crippen molar-refractivity contribution in [1.29, 1.82) is 0 Å². The van der Waals surface area contributed by atoms with Gasteiger partial charge in [-0.15, -0.1) is 0 Å². The second kappa shape index (κ2) is 21.5. The molecule has 0 heterocycles. The molecule has 0 unspecified atom stereocenters. The topological polar surface area (TPSA) is 135 Å². The molecule has 3 amide bonds. The maximum atomic E-state index is 11.9. The van der Waals surface area contributed by atoms with Gasteiger partial charge in [0, 0.05) is 37.3 Å². The monoisotopic (exact) mass is 606 g/mol. The van der Waals surface area contributed by atoms with Crippen molar-refractivity contribution in [2.24, 2.45) is 0 Å². The van der Waals surface area contributed by atoms with Crippen LogP contribution in [0.5, 0.6) is 0 Å². The Morgan fingerprint density at radius 1 is 0.674 bits per heavy atom. The zero-order valence-electron chi connectivity index (χ0n) is 28.1. The van der Waals surface area contributed by atoms with Crippen molar-refractivity contribution in [3.8, 4) is 0 Å². The quantitative estimate of drug-likeness (QED) is 0.292. The minimum absolute atomic E-state index is 0.0330. The molecule has 2 fully saturated rings. The molecule has 0 atom stereocenters. The van der Waals surface area contributed by atoms with Gasteiger partial charge in [0.2, 0.25) is 0 Å². The van der Waals surface area contributed by atoms with E-state index < -0.39 is 0 Å². The van der Waals surface area contributed by atoms with Gasteiger partial charge in [-0.2, -0.15) is 0 Å². The Balaban J connectivity index is 0.000000584. The summed E-state index contributed by atoms with van der Waals surface area (Å²) in [6.45, 7) is 10.9. The van der Waals surface area contributed by atoms with Crippen LogP contribution in [0.15, 0.2) is 24.3 Å². The van der Waals surface area contributed by atoms with Crippen molar-refractivity contribution in [3.63, 3.8) is 0 Å². The standard InChI is InChI=1S/C14H17NO2.C7H15N.2C6H13NO2/c16-10-11-6-8-12(9-7-11)14(17)15-13-4-2-1-3-5-13;1-8-7-5-3-2-4-6-7;2*1-6(2,3)9-5(8)7-4/h6-10,13H,1-5H2,(H,15,17);7-8H,2-6H2,1H3;2*1-4H3,(H,7,8). The highest BCUT2D eigenvalue weighted by molar-refractivity contribution is 5.95. The summed E-state index contributed by atoms with van der Waals surface area (Å²) in [5.41, 5.74) is 0.445. The third-order valence-corrected chi connectivity index (χ3v) is 6.47. The van der Waals surface area contributed by atoms with Gasteiger partial charge in [-0.25, -0.2) is 9.59 Å². The molecular formula is C33H58N4O6. The van der Waals surface area contributed by atoms with E-state index in [-0.39, 0.29) is 29.3 Å². The first-order valence-corrected chi connectivity index (χ1v) is 15.5. The largest absolute Gasteiger partial charge is 0.444 e. The highest BCUT2D eigenvalue weighted by Crippen LogP contribution is 2.18. The molecule has 1 aromatic rings. The van der Waals surface area contributed by atoms with Gasteiger partial charge in [-0.05, 0) is 86.4 Å². The zero-order valence-corrected chi connectivity index (χ0v) is 28.1. The summed E-state index contributed by atoms with van der Waals surface area (Å²) in [7, 11) is 5.14. The Labute approximate surface area is 259 Å². The number of rotatable bonds is 4. The van der Waals surface area contributed by atoms with Crippen molar-refractivity contribution in [3.05, 3.63) is 35.4 Å². The van der Waals surface area contributed by atoms with Crippen LogP contribution in [0.2, 0.25) is 0 Å². The molecule has 10 nitrogen and oxygen atoms in total. The average Bonchev–Trinajstić information content (AvgIpc) is 2.97. The molecule has 2 aliphatic carbocycles. The van der Waals surface area contributed by atoms with Crippen molar-refractivity contribution in [2.45, 2.75) is 129 Å². The Morgan fingerprint density at radius 3 is 1.35 bits per heavy atom. The van der Waals surface area contributed by atoms with E-state index in [1.54, 1.807) is 24.3 Å². The van der Waals surface area contributed by atoms with Crippen LogP contribution in [-0.2, 0) is 9.47 Å². The summed E-state index contributed by atoms with van der Waals surface area (Å²) in [6.07, 6.45) is 13.0. The van der Waals surface area contributed by atoms with Crippen molar-refractivity contribution < 1.29 is 28.7 Å². The van der Waals surface area contributed by atoms with E-state index in [1.165, 1.54) is 65.5 Å². The van der Waals surface area contributed by atoms with Gasteiger partial charge in [-0.1, -0.05) is 50.7 Å². The van der Waals surface area contributed by atoms with Crippen LogP contribution in [0.3, 0.4) is 0 Å². The van der Waals surface area contributed by atoms with Gasteiger partial charge in [0.25, 0.3) is 5.91 Å². The molecule has 246 valence electrons. The SMILES string of the molecule is CNC(=O)OC(C)(C)C.CNC(=O)OC(C)(C)C.CNC1CCCCC1.O=Cc1ccc(C(=O)NC2CCCCC2)cc1. The average molecular weight is 607 g/mol. The molecular weight excluding hydrogens is 548 g/mol. The lowest BCUT2D eigenvalue weighted by atomic mass is 9.95. The Kier molecular flexibility index (Phi) is 20.0. The number of carbonyl (C=O) groups is 4. The van der Waals surface area contributed by atoms with Crippen molar-refractivity contribution >= 4 is 24.4 Å². The Morgan fingerprint density at radius 2 is 1.07 bits per heavy atom. The number of hydrogen-bond acceptors (Lipinski definition) is 7. The molecule has 43 heavy (non-hydrogen) atoms. The van der Waals surface area contributed by atoms with Gasteiger partial charge in [-0.3, -0.25) is 9.59 Å². The summed E-state index contributed by atoms with van der Waals surface area (Å²) in [6, 6.07) is 7.89. The van der Waals surface area contributed by atoms with E-state index in [1.807, 2.05) is 41.5 Å². The molecule has 2 aliphatic rings. The molecule has 1 aromatic carbocycles. The maximum Gasteiger partial charge on any atom is 0.407 e. The van der Waals surface area contributed by atoms with Crippen LogP contribution in [0.4, 0.5) is 9.59 Å². The number of carbonyl (C=O) groups excluding carboxylic acids is 4. The van der Waals surface area contributed by atoms with E-state index in [9.17, 15) is 19.2 Å². The van der Waals surface area contributed by atoms with Gasteiger partial charge < -0.3 is 30.7 Å². The Hall–Kier alpha value is -3.14. The predicted molar refractivity (Wildman–Crippen MR) is 173 cm³/mol. The summed E-state index contributed by atoms with van der Waals surface area (Å²) in [5.74, 6) is -0.0330. The van der Waals surface area contributed by atoms with E-state index in [4.69, 9.17) is 9.47 Å². The minimum Gasteiger partial charge on any atom is -0.444 e. The van der Waals surface area contributed by atoms with Gasteiger partial charge in [0.15, 0.2) is 0 Å². The maximum absolute atomic E-state index is 11.9. The van der Waals surface area contributed by atoms with Gasteiger partial charge >= 0.3 is 12.2 Å². The third-order valence-electron chi connectivity index (χ3n) is 6.47. The van der Waals surface area contributed by atoms with Crippen LogP contribution in [0, 0.1) is 0 Å². The first kappa shape index (κ1) is 39.9. The molecule has 10 heteroatoms. The summed E-state index contributed by atoms with van der Waals surface area (Å²) >= 11 is 0. The molecule has 4 N–H and O–H groups in total. The third kappa shape index (κ3) is 22.1. The number of nitrogens with one attached hydrogen (secondary N) is 4. The molecule has 3 rings (SSSR count). The van der Waals surface area contributed by atoms with Crippen LogP contribution >= 0.6 is 0 Å². The second-order valence-electron chi connectivity index (χ2n) is 12.7. The van der Waals surface area contributed by atoms with Gasteiger partial charge in [0.1, 0.15) is 17.5 Å². The van der Waals surface area contributed by atoms with Crippen LogP contribution in [0.25, 0.3) is 0 Å². The number of benzene rings is 1. The normalized spacial score (nSPS) is 15.4. The van der Waals surface area contributed by atoms with E-state index in [0.717, 1.165) is 25.2 Å². The lowest BCUT2D eigenvalue weighted by Gasteiger charge is -2.22.